The Labute approximate surface area is 113 Å². The molecule has 1 atom stereocenters. The second-order valence-corrected chi connectivity index (χ2v) is 6.23. The predicted octanol–water partition coefficient (Wildman–Crippen LogP) is 0.113. The van der Waals surface area contributed by atoms with Crippen LogP contribution >= 0.6 is 23.1 Å². The van der Waals surface area contributed by atoms with Gasteiger partial charge in [0.15, 0.2) is 0 Å². The van der Waals surface area contributed by atoms with Crippen molar-refractivity contribution in [2.45, 2.75) is 18.3 Å². The molecule has 0 bridgehead atoms. The van der Waals surface area contributed by atoms with Crippen LogP contribution in [0.1, 0.15) is 20.1 Å². The van der Waals surface area contributed by atoms with Gasteiger partial charge in [0.05, 0.1) is 11.4 Å². The topological polar surface area (TPSA) is 92.4 Å². The molecule has 2 rings (SSSR count). The molecule has 7 heteroatoms. The highest BCUT2D eigenvalue weighted by Crippen LogP contribution is 2.31. The van der Waals surface area contributed by atoms with E-state index in [0.717, 1.165) is 17.9 Å². The number of nitrogens with one attached hydrogen (secondary N) is 1. The molecule has 1 aliphatic heterocycles. The van der Waals surface area contributed by atoms with Crippen LogP contribution in [0.3, 0.4) is 0 Å². The van der Waals surface area contributed by atoms with Crippen molar-refractivity contribution in [3.8, 4) is 0 Å². The molecule has 1 unspecified atom stereocenters. The van der Waals surface area contributed by atoms with Gasteiger partial charge in [-0.2, -0.15) is 11.8 Å². The molecule has 0 fully saturated rings. The molecule has 98 valence electrons. The van der Waals surface area contributed by atoms with Gasteiger partial charge in [0.2, 0.25) is 5.91 Å². The van der Waals surface area contributed by atoms with E-state index in [9.17, 15) is 14.7 Å². The van der Waals surface area contributed by atoms with Gasteiger partial charge in [0.25, 0.3) is 5.91 Å². The lowest BCUT2D eigenvalue weighted by atomic mass is 10.2. The smallest absolute Gasteiger partial charge is 0.261 e. The number of hydrogen-bond acceptors (Lipinski definition) is 5. The van der Waals surface area contributed by atoms with Crippen molar-refractivity contribution in [3.05, 3.63) is 21.4 Å². The maximum atomic E-state index is 11.8. The third kappa shape index (κ3) is 3.04. The molecule has 1 aliphatic rings. The minimum atomic E-state index is -1.33. The maximum absolute atomic E-state index is 11.8. The van der Waals surface area contributed by atoms with Crippen LogP contribution in [-0.2, 0) is 17.0 Å². The number of carbonyl (C=O) groups is 2. The highest BCUT2D eigenvalue weighted by atomic mass is 32.2. The number of primary amides is 1. The van der Waals surface area contributed by atoms with Crippen LogP contribution < -0.4 is 11.1 Å². The minimum Gasteiger partial charge on any atom is -0.381 e. The lowest BCUT2D eigenvalue weighted by Gasteiger charge is -2.08. The van der Waals surface area contributed by atoms with E-state index < -0.39 is 12.0 Å². The summed E-state index contributed by atoms with van der Waals surface area (Å²) in [6.07, 6.45) is -0.332. The number of carbonyl (C=O) groups excluding carboxylic acids is 2. The second kappa shape index (κ2) is 5.73. The number of aliphatic hydroxyl groups is 1. The third-order valence-electron chi connectivity index (χ3n) is 2.64. The summed E-state index contributed by atoms with van der Waals surface area (Å²) in [6, 6.07) is 1.89. The van der Waals surface area contributed by atoms with Crippen molar-refractivity contribution in [1.29, 1.82) is 0 Å². The monoisotopic (exact) mass is 286 g/mol. The summed E-state index contributed by atoms with van der Waals surface area (Å²) in [4.78, 5) is 24.3. The molecule has 0 saturated heterocycles. The quantitative estimate of drug-likeness (QED) is 0.732. The van der Waals surface area contributed by atoms with E-state index in [4.69, 9.17) is 5.73 Å². The van der Waals surface area contributed by atoms with Gasteiger partial charge in [0.1, 0.15) is 6.10 Å². The number of rotatable bonds is 4. The Hall–Kier alpha value is -1.05. The van der Waals surface area contributed by atoms with Crippen LogP contribution in [0.2, 0.25) is 0 Å². The fraction of sp³-hybridized carbons (Fsp3) is 0.455. The standard InChI is InChI=1S/C11H14N2O3S2/c12-10(15)7(14)4-13-11(16)9-3-6-5-17-2-1-8(6)18-9/h3,7,14H,1-2,4-5H2,(H2,12,15)(H,13,16). The Morgan fingerprint density at radius 1 is 1.56 bits per heavy atom. The molecule has 18 heavy (non-hydrogen) atoms. The lowest BCUT2D eigenvalue weighted by molar-refractivity contribution is -0.125. The molecule has 2 amide bonds. The van der Waals surface area contributed by atoms with E-state index in [2.05, 4.69) is 5.32 Å². The van der Waals surface area contributed by atoms with Crippen LogP contribution in [0.5, 0.6) is 0 Å². The van der Waals surface area contributed by atoms with E-state index in [1.54, 1.807) is 0 Å². The van der Waals surface area contributed by atoms with Crippen molar-refractivity contribution >= 4 is 34.9 Å². The molecular formula is C11H14N2O3S2. The van der Waals surface area contributed by atoms with Crippen LogP contribution in [0.15, 0.2) is 6.07 Å². The number of aliphatic hydroxyl groups excluding tert-OH is 1. The molecule has 1 aromatic rings. The fourth-order valence-corrected chi connectivity index (χ4v) is 3.92. The Morgan fingerprint density at radius 3 is 3.00 bits per heavy atom. The largest absolute Gasteiger partial charge is 0.381 e. The van der Waals surface area contributed by atoms with Gasteiger partial charge in [-0.1, -0.05) is 0 Å². The van der Waals surface area contributed by atoms with Crippen LogP contribution in [0.4, 0.5) is 0 Å². The van der Waals surface area contributed by atoms with Gasteiger partial charge in [0, 0.05) is 10.6 Å². The molecule has 0 aromatic carbocycles. The number of aryl methyl sites for hydroxylation is 1. The lowest BCUT2D eigenvalue weighted by Crippen LogP contribution is -2.39. The average molecular weight is 286 g/mol. The van der Waals surface area contributed by atoms with Gasteiger partial charge in [-0.15, -0.1) is 11.3 Å². The predicted molar refractivity (Wildman–Crippen MR) is 71.7 cm³/mol. The van der Waals surface area contributed by atoms with Crippen LogP contribution in [0.25, 0.3) is 0 Å². The number of fused-ring (bicyclic) bond motifs is 1. The van der Waals surface area contributed by atoms with E-state index in [-0.39, 0.29) is 12.5 Å². The van der Waals surface area contributed by atoms with E-state index in [1.165, 1.54) is 21.8 Å². The highest BCUT2D eigenvalue weighted by Gasteiger charge is 2.18. The summed E-state index contributed by atoms with van der Waals surface area (Å²) >= 11 is 3.34. The van der Waals surface area contributed by atoms with Crippen molar-refractivity contribution in [3.63, 3.8) is 0 Å². The molecule has 0 spiro atoms. The SMILES string of the molecule is NC(=O)C(O)CNC(=O)c1cc2c(s1)CCSC2. The normalized spacial score (nSPS) is 15.8. The molecule has 4 N–H and O–H groups in total. The minimum absolute atomic E-state index is 0.147. The summed E-state index contributed by atoms with van der Waals surface area (Å²) in [6.45, 7) is -0.147. The third-order valence-corrected chi connectivity index (χ3v) is 4.88. The molecule has 0 radical (unpaired) electrons. The molecule has 5 nitrogen and oxygen atoms in total. The first-order valence-corrected chi connectivity index (χ1v) is 7.50. The Kier molecular flexibility index (Phi) is 4.26. The second-order valence-electron chi connectivity index (χ2n) is 3.99. The number of nitrogens with two attached hydrogens (primary N) is 1. The summed E-state index contributed by atoms with van der Waals surface area (Å²) in [7, 11) is 0. The van der Waals surface area contributed by atoms with Crippen molar-refractivity contribution in [1.82, 2.24) is 5.32 Å². The Bertz CT molecular complexity index is 449. The molecule has 1 aromatic heterocycles. The molecule has 0 saturated carbocycles. The number of thioether (sulfide) groups is 1. The summed E-state index contributed by atoms with van der Waals surface area (Å²) in [5.41, 5.74) is 6.12. The summed E-state index contributed by atoms with van der Waals surface area (Å²) < 4.78 is 0. The van der Waals surface area contributed by atoms with Crippen LogP contribution in [0, 0.1) is 0 Å². The van der Waals surface area contributed by atoms with Crippen molar-refractivity contribution in [2.75, 3.05) is 12.3 Å². The van der Waals surface area contributed by atoms with Crippen LogP contribution in [-0.4, -0.2) is 35.3 Å². The Balaban J connectivity index is 1.97. The zero-order valence-electron chi connectivity index (χ0n) is 9.64. The van der Waals surface area contributed by atoms with Gasteiger partial charge >= 0.3 is 0 Å². The molecule has 2 heterocycles. The zero-order chi connectivity index (χ0) is 13.1. The number of hydrogen-bond donors (Lipinski definition) is 3. The van der Waals surface area contributed by atoms with E-state index >= 15 is 0 Å². The Morgan fingerprint density at radius 2 is 2.33 bits per heavy atom. The molecule has 0 aliphatic carbocycles. The zero-order valence-corrected chi connectivity index (χ0v) is 11.3. The van der Waals surface area contributed by atoms with Crippen molar-refractivity contribution < 1.29 is 14.7 Å². The number of thiophene rings is 1. The van der Waals surface area contributed by atoms with Gasteiger partial charge < -0.3 is 16.2 Å². The van der Waals surface area contributed by atoms with Gasteiger partial charge in [-0.25, -0.2) is 0 Å². The fourth-order valence-electron chi connectivity index (χ4n) is 1.64. The maximum Gasteiger partial charge on any atom is 0.261 e. The highest BCUT2D eigenvalue weighted by molar-refractivity contribution is 7.98. The first-order valence-electron chi connectivity index (χ1n) is 5.53. The van der Waals surface area contributed by atoms with E-state index in [1.807, 2.05) is 17.8 Å². The van der Waals surface area contributed by atoms with Gasteiger partial charge in [-0.05, 0) is 23.8 Å². The first kappa shape index (κ1) is 13.4. The average Bonchev–Trinajstić information content (AvgIpc) is 2.79. The molecular weight excluding hydrogens is 272 g/mol. The summed E-state index contributed by atoms with van der Waals surface area (Å²) in [5.74, 6) is 0.940. The van der Waals surface area contributed by atoms with Crippen molar-refractivity contribution in [2.24, 2.45) is 5.73 Å². The summed E-state index contributed by atoms with van der Waals surface area (Å²) in [5, 5.41) is 11.7. The van der Waals surface area contributed by atoms with E-state index in [0.29, 0.717) is 4.88 Å². The number of amides is 2. The first-order chi connectivity index (χ1) is 8.58. The van der Waals surface area contributed by atoms with Gasteiger partial charge in [-0.3, -0.25) is 9.59 Å².